The third kappa shape index (κ3) is 6.54. The van der Waals surface area contributed by atoms with E-state index in [1.165, 1.54) is 6.07 Å². The monoisotopic (exact) mass is 415 g/mol. The van der Waals surface area contributed by atoms with Crippen LogP contribution in [0.4, 0.5) is 4.39 Å². The standard InChI is InChI=1S/C20H24Cl2FNO3/c1-3-26-9-5-8-24-12-14-10-19(25-2)20(11-17(14)22)27-13-15-16(21)6-4-7-18(15)23/h4,6-7,10-11,24H,3,5,8-9,12-13H2,1-2H3. The maximum Gasteiger partial charge on any atom is 0.163 e. The Morgan fingerprint density at radius 2 is 1.93 bits per heavy atom. The van der Waals surface area contributed by atoms with Gasteiger partial charge in [0.1, 0.15) is 12.4 Å². The summed E-state index contributed by atoms with van der Waals surface area (Å²) in [7, 11) is 1.55. The van der Waals surface area contributed by atoms with Crippen LogP contribution in [0.2, 0.25) is 10.0 Å². The first-order valence-corrected chi connectivity index (χ1v) is 9.53. The lowest BCUT2D eigenvalue weighted by Gasteiger charge is -2.15. The molecule has 0 fully saturated rings. The second-order valence-corrected chi connectivity index (χ2v) is 6.63. The lowest BCUT2D eigenvalue weighted by Crippen LogP contribution is -2.16. The number of hydrogen-bond donors (Lipinski definition) is 1. The quantitative estimate of drug-likeness (QED) is 0.509. The number of methoxy groups -OCH3 is 1. The van der Waals surface area contributed by atoms with E-state index < -0.39 is 5.82 Å². The summed E-state index contributed by atoms with van der Waals surface area (Å²) in [5.41, 5.74) is 1.18. The molecule has 1 N–H and O–H groups in total. The molecule has 0 atom stereocenters. The molecule has 7 heteroatoms. The lowest BCUT2D eigenvalue weighted by molar-refractivity contribution is 0.144. The summed E-state index contributed by atoms with van der Waals surface area (Å²) in [5.74, 6) is 0.542. The minimum Gasteiger partial charge on any atom is -0.493 e. The molecular weight excluding hydrogens is 392 g/mol. The van der Waals surface area contributed by atoms with E-state index in [9.17, 15) is 4.39 Å². The molecule has 27 heavy (non-hydrogen) atoms. The van der Waals surface area contributed by atoms with Crippen LogP contribution in [0.3, 0.4) is 0 Å². The largest absolute Gasteiger partial charge is 0.493 e. The summed E-state index contributed by atoms with van der Waals surface area (Å²) in [4.78, 5) is 0. The van der Waals surface area contributed by atoms with Gasteiger partial charge in [-0.3, -0.25) is 0 Å². The Kier molecular flexibility index (Phi) is 9.15. The molecule has 0 bridgehead atoms. The van der Waals surface area contributed by atoms with E-state index in [-0.39, 0.29) is 12.2 Å². The van der Waals surface area contributed by atoms with Gasteiger partial charge in [0, 0.05) is 36.4 Å². The minimum atomic E-state index is -0.416. The van der Waals surface area contributed by atoms with Crippen molar-refractivity contribution < 1.29 is 18.6 Å². The molecule has 2 aromatic carbocycles. The first-order chi connectivity index (χ1) is 13.1. The molecule has 0 aliphatic rings. The molecule has 148 valence electrons. The van der Waals surface area contributed by atoms with Crippen molar-refractivity contribution in [1.29, 1.82) is 0 Å². The molecule has 4 nitrogen and oxygen atoms in total. The summed E-state index contributed by atoms with van der Waals surface area (Å²) in [6, 6.07) is 8.00. The van der Waals surface area contributed by atoms with Gasteiger partial charge in [-0.15, -0.1) is 0 Å². The van der Waals surface area contributed by atoms with Crippen LogP contribution < -0.4 is 14.8 Å². The van der Waals surface area contributed by atoms with Crippen LogP contribution in [0, 0.1) is 5.82 Å². The first kappa shape index (κ1) is 21.8. The van der Waals surface area contributed by atoms with Crippen molar-refractivity contribution in [1.82, 2.24) is 5.32 Å². The van der Waals surface area contributed by atoms with Crippen LogP contribution in [-0.2, 0) is 17.9 Å². The number of nitrogens with one attached hydrogen (secondary N) is 1. The van der Waals surface area contributed by atoms with Crippen LogP contribution in [0.1, 0.15) is 24.5 Å². The molecular formula is C20H24Cl2FNO3. The van der Waals surface area contributed by atoms with Gasteiger partial charge in [0.25, 0.3) is 0 Å². The smallest absolute Gasteiger partial charge is 0.163 e. The van der Waals surface area contributed by atoms with Gasteiger partial charge in [-0.05, 0) is 43.7 Å². The van der Waals surface area contributed by atoms with Gasteiger partial charge in [-0.1, -0.05) is 29.3 Å². The highest BCUT2D eigenvalue weighted by atomic mass is 35.5. The van der Waals surface area contributed by atoms with Crippen LogP contribution in [0.15, 0.2) is 30.3 Å². The van der Waals surface area contributed by atoms with Crippen LogP contribution in [0.5, 0.6) is 11.5 Å². The van der Waals surface area contributed by atoms with E-state index in [4.69, 9.17) is 37.4 Å². The molecule has 0 aliphatic carbocycles. The van der Waals surface area contributed by atoms with Gasteiger partial charge in [-0.25, -0.2) is 4.39 Å². The predicted octanol–water partition coefficient (Wildman–Crippen LogP) is 5.24. The van der Waals surface area contributed by atoms with E-state index in [1.54, 1.807) is 25.3 Å². The summed E-state index contributed by atoms with van der Waals surface area (Å²) in [6.07, 6.45) is 0.924. The van der Waals surface area contributed by atoms with E-state index in [2.05, 4.69) is 5.32 Å². The van der Waals surface area contributed by atoms with Crippen molar-refractivity contribution in [2.75, 3.05) is 26.9 Å². The van der Waals surface area contributed by atoms with Gasteiger partial charge in [0.2, 0.25) is 0 Å². The maximum atomic E-state index is 13.9. The summed E-state index contributed by atoms with van der Waals surface area (Å²) in [6.45, 7) is 4.83. The Labute approximate surface area is 169 Å². The predicted molar refractivity (Wildman–Crippen MR) is 107 cm³/mol. The SMILES string of the molecule is CCOCCCNCc1cc(OC)c(OCc2c(F)cccc2Cl)cc1Cl. The van der Waals surface area contributed by atoms with Crippen molar-refractivity contribution in [3.8, 4) is 11.5 Å². The van der Waals surface area contributed by atoms with Crippen LogP contribution >= 0.6 is 23.2 Å². The van der Waals surface area contributed by atoms with Crippen LogP contribution in [-0.4, -0.2) is 26.9 Å². The average Bonchev–Trinajstić information content (AvgIpc) is 2.65. The van der Waals surface area contributed by atoms with E-state index in [0.717, 1.165) is 31.7 Å². The highest BCUT2D eigenvalue weighted by Crippen LogP contribution is 2.34. The average molecular weight is 416 g/mol. The Morgan fingerprint density at radius 1 is 1.11 bits per heavy atom. The highest BCUT2D eigenvalue weighted by Gasteiger charge is 2.13. The zero-order chi connectivity index (χ0) is 19.6. The summed E-state index contributed by atoms with van der Waals surface area (Å²) in [5, 5.41) is 4.17. The fourth-order valence-electron chi connectivity index (χ4n) is 2.47. The molecule has 0 saturated heterocycles. The fourth-order valence-corrected chi connectivity index (χ4v) is 2.91. The lowest BCUT2D eigenvalue weighted by atomic mass is 10.2. The number of halogens is 3. The molecule has 2 aromatic rings. The van der Waals surface area contributed by atoms with E-state index >= 15 is 0 Å². The van der Waals surface area contributed by atoms with E-state index in [1.807, 2.05) is 13.0 Å². The molecule has 0 aromatic heterocycles. The molecule has 0 saturated carbocycles. The summed E-state index contributed by atoms with van der Waals surface area (Å²) < 4.78 is 30.3. The van der Waals surface area contributed by atoms with Gasteiger partial charge in [0.05, 0.1) is 12.1 Å². The van der Waals surface area contributed by atoms with E-state index in [0.29, 0.717) is 28.1 Å². The van der Waals surface area contributed by atoms with Crippen molar-refractivity contribution in [3.63, 3.8) is 0 Å². The van der Waals surface area contributed by atoms with Gasteiger partial charge in [0.15, 0.2) is 11.5 Å². The van der Waals surface area contributed by atoms with Crippen molar-refractivity contribution >= 4 is 23.2 Å². The third-order valence-corrected chi connectivity index (χ3v) is 4.63. The first-order valence-electron chi connectivity index (χ1n) is 8.77. The molecule has 0 radical (unpaired) electrons. The Balaban J connectivity index is 2.00. The second-order valence-electron chi connectivity index (χ2n) is 5.81. The maximum absolute atomic E-state index is 13.9. The normalized spacial score (nSPS) is 10.9. The van der Waals surface area contributed by atoms with Crippen molar-refractivity contribution in [2.45, 2.75) is 26.5 Å². The zero-order valence-corrected chi connectivity index (χ0v) is 17.0. The molecule has 0 amide bonds. The Morgan fingerprint density at radius 3 is 2.63 bits per heavy atom. The zero-order valence-electron chi connectivity index (χ0n) is 15.5. The molecule has 0 heterocycles. The molecule has 0 unspecified atom stereocenters. The minimum absolute atomic E-state index is 0.0206. The van der Waals surface area contributed by atoms with Gasteiger partial charge >= 0.3 is 0 Å². The Hall–Kier alpha value is -1.53. The molecule has 0 spiro atoms. The van der Waals surface area contributed by atoms with Crippen molar-refractivity contribution in [2.24, 2.45) is 0 Å². The van der Waals surface area contributed by atoms with Crippen molar-refractivity contribution in [3.05, 3.63) is 57.3 Å². The molecule has 2 rings (SSSR count). The number of ether oxygens (including phenoxy) is 3. The number of hydrogen-bond acceptors (Lipinski definition) is 4. The number of benzene rings is 2. The molecule has 0 aliphatic heterocycles. The second kappa shape index (κ2) is 11.3. The fraction of sp³-hybridized carbons (Fsp3) is 0.400. The highest BCUT2D eigenvalue weighted by molar-refractivity contribution is 6.31. The third-order valence-electron chi connectivity index (χ3n) is 3.93. The van der Waals surface area contributed by atoms with Gasteiger partial charge in [-0.2, -0.15) is 0 Å². The van der Waals surface area contributed by atoms with Crippen LogP contribution in [0.25, 0.3) is 0 Å². The topological polar surface area (TPSA) is 39.7 Å². The number of rotatable bonds is 11. The Bertz CT molecular complexity index is 723. The summed E-state index contributed by atoms with van der Waals surface area (Å²) >= 11 is 12.4. The van der Waals surface area contributed by atoms with Gasteiger partial charge < -0.3 is 19.5 Å².